The van der Waals surface area contributed by atoms with E-state index in [1.54, 1.807) is 6.07 Å². The minimum atomic E-state index is -4.34. The van der Waals surface area contributed by atoms with E-state index in [2.05, 4.69) is 10.1 Å². The number of hydrogen-bond acceptors (Lipinski definition) is 5. The predicted molar refractivity (Wildman–Crippen MR) is 75.0 cm³/mol. The number of alkyl halides is 3. The first-order chi connectivity index (χ1) is 10.4. The number of aromatic nitrogens is 2. The summed E-state index contributed by atoms with van der Waals surface area (Å²) >= 11 is 1.22. The molecule has 0 bridgehead atoms. The summed E-state index contributed by atoms with van der Waals surface area (Å²) in [6.45, 7) is 0. The second-order valence-corrected chi connectivity index (χ2v) is 6.38. The molecule has 0 aliphatic heterocycles. The maximum absolute atomic E-state index is 12.6. The van der Waals surface area contributed by atoms with Crippen LogP contribution in [0.25, 0.3) is 0 Å². The number of thioether (sulfide) groups is 1. The highest BCUT2D eigenvalue weighted by Crippen LogP contribution is 2.37. The molecule has 2 N–H and O–H groups in total. The Morgan fingerprint density at radius 3 is 2.73 bits per heavy atom. The molecule has 2 aromatic rings. The maximum atomic E-state index is 12.6. The van der Waals surface area contributed by atoms with Crippen LogP contribution >= 0.6 is 11.8 Å². The number of rotatable bonds is 4. The first-order valence-electron chi connectivity index (χ1n) is 6.79. The molecule has 0 radical (unpaired) electrons. The minimum absolute atomic E-state index is 0.310. The Kier molecular flexibility index (Phi) is 3.90. The lowest BCUT2D eigenvalue weighted by molar-refractivity contribution is -0.137. The van der Waals surface area contributed by atoms with Crippen molar-refractivity contribution in [2.24, 2.45) is 5.73 Å². The van der Waals surface area contributed by atoms with Gasteiger partial charge < -0.3 is 10.3 Å². The monoisotopic (exact) mass is 329 g/mol. The van der Waals surface area contributed by atoms with Crippen LogP contribution in [-0.4, -0.2) is 10.1 Å². The van der Waals surface area contributed by atoms with Crippen LogP contribution in [0.15, 0.2) is 33.7 Å². The SMILES string of the molecule is NC1(c2noc(CSc3cccc(C(F)(F)F)c3)n2)CCC1. The first kappa shape index (κ1) is 15.4. The fourth-order valence-electron chi connectivity index (χ4n) is 2.20. The molecule has 0 unspecified atom stereocenters. The summed E-state index contributed by atoms with van der Waals surface area (Å²) in [4.78, 5) is 4.75. The molecule has 1 heterocycles. The summed E-state index contributed by atoms with van der Waals surface area (Å²) in [5.41, 5.74) is 4.93. The smallest absolute Gasteiger partial charge is 0.338 e. The van der Waals surface area contributed by atoms with Gasteiger partial charge in [0.05, 0.1) is 16.9 Å². The summed E-state index contributed by atoms with van der Waals surface area (Å²) in [6, 6.07) is 5.16. The molecule has 1 aromatic carbocycles. The molecule has 1 aliphatic carbocycles. The second kappa shape index (κ2) is 5.58. The summed E-state index contributed by atoms with van der Waals surface area (Å²) in [7, 11) is 0. The summed E-state index contributed by atoms with van der Waals surface area (Å²) in [5, 5.41) is 3.87. The maximum Gasteiger partial charge on any atom is 0.416 e. The molecule has 4 nitrogen and oxygen atoms in total. The highest BCUT2D eigenvalue weighted by atomic mass is 32.2. The summed E-state index contributed by atoms with van der Waals surface area (Å²) in [5.74, 6) is 1.16. The lowest BCUT2D eigenvalue weighted by Crippen LogP contribution is -2.44. The standard InChI is InChI=1S/C14H14F3N3OS/c15-14(16,17)9-3-1-4-10(7-9)22-8-11-19-12(20-21-11)13(18)5-2-6-13/h1,3-4,7H,2,5-6,8,18H2. The lowest BCUT2D eigenvalue weighted by atomic mass is 9.77. The molecule has 3 rings (SSSR count). The Morgan fingerprint density at radius 1 is 1.32 bits per heavy atom. The zero-order chi connectivity index (χ0) is 15.8. The average Bonchev–Trinajstić information content (AvgIpc) is 2.91. The molecular weight excluding hydrogens is 315 g/mol. The normalized spacial score (nSPS) is 17.3. The molecule has 118 valence electrons. The highest BCUT2D eigenvalue weighted by molar-refractivity contribution is 7.98. The third-order valence-electron chi connectivity index (χ3n) is 3.68. The molecule has 1 aliphatic rings. The lowest BCUT2D eigenvalue weighted by Gasteiger charge is -2.34. The molecular formula is C14H14F3N3OS. The Hall–Kier alpha value is -1.54. The van der Waals surface area contributed by atoms with E-state index in [4.69, 9.17) is 10.3 Å². The summed E-state index contributed by atoms with van der Waals surface area (Å²) in [6.07, 6.45) is -1.65. The molecule has 1 fully saturated rings. The van der Waals surface area contributed by atoms with Crippen LogP contribution in [-0.2, 0) is 17.5 Å². The third-order valence-corrected chi connectivity index (χ3v) is 4.66. The van der Waals surface area contributed by atoms with Crippen LogP contribution < -0.4 is 5.73 Å². The quantitative estimate of drug-likeness (QED) is 0.866. The van der Waals surface area contributed by atoms with Crippen molar-refractivity contribution in [2.45, 2.75) is 41.6 Å². The van der Waals surface area contributed by atoms with Gasteiger partial charge in [0, 0.05) is 4.90 Å². The van der Waals surface area contributed by atoms with Gasteiger partial charge in [-0.3, -0.25) is 0 Å². The molecule has 0 atom stereocenters. The van der Waals surface area contributed by atoms with E-state index in [1.165, 1.54) is 17.8 Å². The Balaban J connectivity index is 1.66. The van der Waals surface area contributed by atoms with Crippen molar-refractivity contribution >= 4 is 11.8 Å². The number of benzene rings is 1. The fraction of sp³-hybridized carbons (Fsp3) is 0.429. The van der Waals surface area contributed by atoms with Gasteiger partial charge in [-0.15, -0.1) is 11.8 Å². The van der Waals surface area contributed by atoms with E-state index in [-0.39, 0.29) is 0 Å². The minimum Gasteiger partial charge on any atom is -0.338 e. The Morgan fingerprint density at radius 2 is 2.09 bits per heavy atom. The van der Waals surface area contributed by atoms with E-state index < -0.39 is 17.3 Å². The Bertz CT molecular complexity index is 667. The van der Waals surface area contributed by atoms with Crippen molar-refractivity contribution < 1.29 is 17.7 Å². The molecule has 1 aromatic heterocycles. The van der Waals surface area contributed by atoms with E-state index in [0.29, 0.717) is 22.4 Å². The highest BCUT2D eigenvalue weighted by Gasteiger charge is 2.39. The topological polar surface area (TPSA) is 64.9 Å². The Labute approximate surface area is 129 Å². The van der Waals surface area contributed by atoms with Gasteiger partial charge in [0.15, 0.2) is 5.82 Å². The van der Waals surface area contributed by atoms with Crippen LogP contribution in [0, 0.1) is 0 Å². The fourth-order valence-corrected chi connectivity index (χ4v) is 3.00. The van der Waals surface area contributed by atoms with Crippen LogP contribution in [0.4, 0.5) is 13.2 Å². The third kappa shape index (κ3) is 3.12. The second-order valence-electron chi connectivity index (χ2n) is 5.34. The molecule has 0 saturated heterocycles. The van der Waals surface area contributed by atoms with Gasteiger partial charge in [-0.05, 0) is 37.5 Å². The van der Waals surface area contributed by atoms with Gasteiger partial charge in [-0.25, -0.2) is 0 Å². The van der Waals surface area contributed by atoms with Crippen LogP contribution in [0.3, 0.4) is 0 Å². The van der Waals surface area contributed by atoms with E-state index >= 15 is 0 Å². The number of hydrogen-bond donors (Lipinski definition) is 1. The van der Waals surface area contributed by atoms with E-state index in [1.807, 2.05) is 0 Å². The van der Waals surface area contributed by atoms with Crippen molar-refractivity contribution in [3.63, 3.8) is 0 Å². The van der Waals surface area contributed by atoms with Crippen molar-refractivity contribution in [3.8, 4) is 0 Å². The molecule has 22 heavy (non-hydrogen) atoms. The van der Waals surface area contributed by atoms with E-state index in [0.717, 1.165) is 31.4 Å². The molecule has 0 spiro atoms. The van der Waals surface area contributed by atoms with Gasteiger partial charge in [0.2, 0.25) is 5.89 Å². The van der Waals surface area contributed by atoms with Crippen molar-refractivity contribution in [1.29, 1.82) is 0 Å². The summed E-state index contributed by atoms with van der Waals surface area (Å²) < 4.78 is 43.1. The predicted octanol–water partition coefficient (Wildman–Crippen LogP) is 3.72. The number of halogens is 3. The van der Waals surface area contributed by atoms with Crippen LogP contribution in [0.5, 0.6) is 0 Å². The first-order valence-corrected chi connectivity index (χ1v) is 7.77. The van der Waals surface area contributed by atoms with Crippen LogP contribution in [0.2, 0.25) is 0 Å². The van der Waals surface area contributed by atoms with Gasteiger partial charge >= 0.3 is 6.18 Å². The zero-order valence-electron chi connectivity index (χ0n) is 11.6. The largest absolute Gasteiger partial charge is 0.416 e. The molecule has 8 heteroatoms. The van der Waals surface area contributed by atoms with Gasteiger partial charge in [-0.1, -0.05) is 11.2 Å². The van der Waals surface area contributed by atoms with Crippen molar-refractivity contribution in [2.75, 3.05) is 0 Å². The average molecular weight is 329 g/mol. The zero-order valence-corrected chi connectivity index (χ0v) is 12.4. The van der Waals surface area contributed by atoms with Gasteiger partial charge in [-0.2, -0.15) is 18.2 Å². The molecule has 1 saturated carbocycles. The van der Waals surface area contributed by atoms with Crippen molar-refractivity contribution in [1.82, 2.24) is 10.1 Å². The molecule has 0 amide bonds. The number of nitrogens with two attached hydrogens (primary N) is 1. The van der Waals surface area contributed by atoms with Gasteiger partial charge in [0.1, 0.15) is 0 Å². The van der Waals surface area contributed by atoms with E-state index in [9.17, 15) is 13.2 Å². The van der Waals surface area contributed by atoms with Gasteiger partial charge in [0.25, 0.3) is 0 Å². The van der Waals surface area contributed by atoms with Crippen molar-refractivity contribution in [3.05, 3.63) is 41.5 Å². The van der Waals surface area contributed by atoms with Crippen LogP contribution in [0.1, 0.15) is 36.5 Å². The number of nitrogens with zero attached hydrogens (tertiary/aromatic N) is 2.